The average Bonchev–Trinajstić information content (AvgIpc) is 2.40. The van der Waals surface area contributed by atoms with Gasteiger partial charge in [0.25, 0.3) is 0 Å². The van der Waals surface area contributed by atoms with Crippen LogP contribution in [-0.2, 0) is 6.42 Å². The van der Waals surface area contributed by atoms with Crippen molar-refractivity contribution in [1.82, 2.24) is 5.32 Å². The number of methoxy groups -OCH3 is 1. The van der Waals surface area contributed by atoms with E-state index >= 15 is 0 Å². The summed E-state index contributed by atoms with van der Waals surface area (Å²) in [5.74, 6) is -0.912. The van der Waals surface area contributed by atoms with E-state index in [0.29, 0.717) is 6.42 Å². The zero-order valence-corrected chi connectivity index (χ0v) is 11.8. The molecule has 1 N–H and O–H groups in total. The summed E-state index contributed by atoms with van der Waals surface area (Å²) in [6, 6.07) is 1.38. The van der Waals surface area contributed by atoms with Gasteiger partial charge in [-0.1, -0.05) is 6.42 Å². The number of nitrogens with one attached hydrogen (secondary N) is 1. The van der Waals surface area contributed by atoms with Crippen molar-refractivity contribution in [3.05, 3.63) is 27.7 Å². The molecule has 1 aliphatic rings. The molecule has 18 heavy (non-hydrogen) atoms. The van der Waals surface area contributed by atoms with Crippen LogP contribution in [0.25, 0.3) is 0 Å². The molecule has 1 aromatic rings. The highest BCUT2D eigenvalue weighted by atomic mass is 79.9. The van der Waals surface area contributed by atoms with E-state index in [1.54, 1.807) is 0 Å². The van der Waals surface area contributed by atoms with Crippen molar-refractivity contribution < 1.29 is 13.5 Å². The summed E-state index contributed by atoms with van der Waals surface area (Å²) in [5.41, 5.74) is 0.127. The molecule has 1 fully saturated rings. The molecule has 1 aliphatic heterocycles. The molecule has 1 aromatic carbocycles. The van der Waals surface area contributed by atoms with Gasteiger partial charge in [-0.2, -0.15) is 0 Å². The van der Waals surface area contributed by atoms with Gasteiger partial charge in [0.15, 0.2) is 0 Å². The Bertz CT molecular complexity index is 433. The van der Waals surface area contributed by atoms with Gasteiger partial charge in [-0.25, -0.2) is 8.78 Å². The highest BCUT2D eigenvalue weighted by Crippen LogP contribution is 2.32. The van der Waals surface area contributed by atoms with Crippen LogP contribution in [0, 0.1) is 11.6 Å². The Balaban J connectivity index is 2.24. The fourth-order valence-electron chi connectivity index (χ4n) is 2.29. The van der Waals surface area contributed by atoms with E-state index < -0.39 is 11.6 Å². The van der Waals surface area contributed by atoms with E-state index in [0.717, 1.165) is 25.8 Å². The van der Waals surface area contributed by atoms with Crippen LogP contribution in [-0.4, -0.2) is 19.7 Å². The Morgan fingerprint density at radius 2 is 2.22 bits per heavy atom. The lowest BCUT2D eigenvalue weighted by Crippen LogP contribution is -2.36. The maximum absolute atomic E-state index is 14.1. The highest BCUT2D eigenvalue weighted by Gasteiger charge is 2.21. The molecule has 1 saturated heterocycles. The Labute approximate surface area is 114 Å². The number of hydrogen-bond acceptors (Lipinski definition) is 2. The fourth-order valence-corrected chi connectivity index (χ4v) is 2.81. The van der Waals surface area contributed by atoms with Gasteiger partial charge in [-0.3, -0.25) is 0 Å². The molecular weight excluding hydrogens is 304 g/mol. The Kier molecular flexibility index (Phi) is 4.56. The molecule has 2 nitrogen and oxygen atoms in total. The minimum Gasteiger partial charge on any atom is -0.495 e. The van der Waals surface area contributed by atoms with E-state index in [9.17, 15) is 8.78 Å². The van der Waals surface area contributed by atoms with Crippen LogP contribution < -0.4 is 10.1 Å². The molecule has 0 aromatic heterocycles. The molecule has 0 saturated carbocycles. The van der Waals surface area contributed by atoms with Crippen molar-refractivity contribution in [3.8, 4) is 5.75 Å². The second-order valence-corrected chi connectivity index (χ2v) is 5.31. The van der Waals surface area contributed by atoms with Crippen LogP contribution >= 0.6 is 15.9 Å². The van der Waals surface area contributed by atoms with Crippen molar-refractivity contribution in [2.24, 2.45) is 0 Å². The fraction of sp³-hybridized carbons (Fsp3) is 0.538. The van der Waals surface area contributed by atoms with Crippen molar-refractivity contribution >= 4 is 15.9 Å². The molecule has 1 heterocycles. The molecular formula is C13H16BrF2NO. The van der Waals surface area contributed by atoms with E-state index in [1.807, 2.05) is 0 Å². The van der Waals surface area contributed by atoms with Crippen molar-refractivity contribution in [1.29, 1.82) is 0 Å². The SMILES string of the molecule is COc1cc(F)c(CC2CCCCN2)c(F)c1Br. The van der Waals surface area contributed by atoms with Gasteiger partial charge in [0, 0.05) is 17.7 Å². The minimum atomic E-state index is -0.556. The van der Waals surface area contributed by atoms with Crippen LogP contribution in [0.3, 0.4) is 0 Å². The zero-order chi connectivity index (χ0) is 13.1. The number of ether oxygens (including phenoxy) is 1. The standard InChI is InChI=1S/C13H16BrF2NO/c1-18-11-7-10(15)9(13(16)12(11)14)6-8-4-2-3-5-17-8/h7-8,17H,2-6H2,1H3. The maximum atomic E-state index is 14.1. The Morgan fingerprint density at radius 1 is 1.44 bits per heavy atom. The number of piperidine rings is 1. The average molecular weight is 320 g/mol. The van der Waals surface area contributed by atoms with Crippen LogP contribution in [0.4, 0.5) is 8.78 Å². The zero-order valence-electron chi connectivity index (χ0n) is 10.2. The third-order valence-electron chi connectivity index (χ3n) is 3.30. The molecule has 0 bridgehead atoms. The first-order valence-corrected chi connectivity index (χ1v) is 6.86. The van der Waals surface area contributed by atoms with Gasteiger partial charge >= 0.3 is 0 Å². The maximum Gasteiger partial charge on any atom is 0.147 e. The monoisotopic (exact) mass is 319 g/mol. The van der Waals surface area contributed by atoms with Gasteiger partial charge in [-0.05, 0) is 41.7 Å². The van der Waals surface area contributed by atoms with Crippen LogP contribution in [0.2, 0.25) is 0 Å². The number of hydrogen-bond donors (Lipinski definition) is 1. The topological polar surface area (TPSA) is 21.3 Å². The first kappa shape index (κ1) is 13.7. The summed E-state index contributed by atoms with van der Waals surface area (Å²) < 4.78 is 33.0. The summed E-state index contributed by atoms with van der Waals surface area (Å²) in [5, 5.41) is 3.29. The number of rotatable bonds is 3. The number of benzene rings is 1. The molecule has 5 heteroatoms. The lowest BCUT2D eigenvalue weighted by molar-refractivity contribution is 0.381. The number of halogens is 3. The molecule has 1 atom stereocenters. The highest BCUT2D eigenvalue weighted by molar-refractivity contribution is 9.10. The second kappa shape index (κ2) is 5.97. The molecule has 100 valence electrons. The van der Waals surface area contributed by atoms with E-state index in [2.05, 4.69) is 21.2 Å². The first-order chi connectivity index (χ1) is 8.63. The third-order valence-corrected chi connectivity index (χ3v) is 4.04. The summed E-state index contributed by atoms with van der Waals surface area (Å²) in [6.45, 7) is 0.922. The first-order valence-electron chi connectivity index (χ1n) is 6.07. The van der Waals surface area contributed by atoms with Gasteiger partial charge < -0.3 is 10.1 Å². The second-order valence-electron chi connectivity index (χ2n) is 4.52. The predicted octanol–water partition coefficient (Wildman–Crippen LogP) is 3.42. The van der Waals surface area contributed by atoms with Gasteiger partial charge in [0.1, 0.15) is 17.4 Å². The molecule has 2 rings (SSSR count). The third kappa shape index (κ3) is 2.83. The molecule has 0 radical (unpaired) electrons. The molecule has 0 amide bonds. The smallest absolute Gasteiger partial charge is 0.147 e. The Morgan fingerprint density at radius 3 is 2.83 bits per heavy atom. The van der Waals surface area contributed by atoms with E-state index in [4.69, 9.17) is 4.74 Å². The lowest BCUT2D eigenvalue weighted by atomic mass is 9.97. The minimum absolute atomic E-state index is 0.127. The van der Waals surface area contributed by atoms with Crippen LogP contribution in [0.15, 0.2) is 10.5 Å². The summed E-state index contributed by atoms with van der Waals surface area (Å²) in [7, 11) is 1.39. The molecule has 1 unspecified atom stereocenters. The van der Waals surface area contributed by atoms with Gasteiger partial charge in [0.05, 0.1) is 11.6 Å². The van der Waals surface area contributed by atoms with Crippen LogP contribution in [0.1, 0.15) is 24.8 Å². The molecule has 0 aliphatic carbocycles. The van der Waals surface area contributed by atoms with Gasteiger partial charge in [-0.15, -0.1) is 0 Å². The van der Waals surface area contributed by atoms with E-state index in [1.165, 1.54) is 13.2 Å². The summed E-state index contributed by atoms with van der Waals surface area (Å²) in [6.07, 6.45) is 3.58. The Hall–Kier alpha value is -0.680. The van der Waals surface area contributed by atoms with Crippen molar-refractivity contribution in [2.45, 2.75) is 31.7 Å². The van der Waals surface area contributed by atoms with Crippen molar-refractivity contribution in [2.75, 3.05) is 13.7 Å². The normalized spacial score (nSPS) is 19.9. The predicted molar refractivity (Wildman–Crippen MR) is 70.0 cm³/mol. The van der Waals surface area contributed by atoms with E-state index in [-0.39, 0.29) is 21.8 Å². The van der Waals surface area contributed by atoms with Crippen LogP contribution in [0.5, 0.6) is 5.75 Å². The lowest BCUT2D eigenvalue weighted by Gasteiger charge is -2.24. The summed E-state index contributed by atoms with van der Waals surface area (Å²) >= 11 is 3.10. The molecule has 0 spiro atoms. The summed E-state index contributed by atoms with van der Waals surface area (Å²) in [4.78, 5) is 0. The van der Waals surface area contributed by atoms with Crippen molar-refractivity contribution in [3.63, 3.8) is 0 Å². The largest absolute Gasteiger partial charge is 0.495 e. The van der Waals surface area contributed by atoms with Gasteiger partial charge in [0.2, 0.25) is 0 Å². The quantitative estimate of drug-likeness (QED) is 0.862.